The molecule has 3 saturated carbocycles. The van der Waals surface area contributed by atoms with Crippen LogP contribution >= 0.6 is 69.0 Å². The van der Waals surface area contributed by atoms with Crippen molar-refractivity contribution in [3.05, 3.63) is 97.6 Å². The molecular formula is C45H52BrCl4IMgN8+2. The van der Waals surface area contributed by atoms with E-state index in [2.05, 4.69) is 81.5 Å². The fourth-order valence-corrected chi connectivity index (χ4v) is 9.88. The number of alkyl halides is 1. The normalized spacial score (nSPS) is 24.9. The minimum absolute atomic E-state index is 0. The van der Waals surface area contributed by atoms with E-state index in [1.54, 1.807) is 12.1 Å². The zero-order chi connectivity index (χ0) is 40.7. The van der Waals surface area contributed by atoms with Crippen LogP contribution in [0.2, 0.25) is 20.1 Å². The first-order chi connectivity index (χ1) is 28.0. The minimum Gasteiger partial charge on any atom is -1.00 e. The van der Waals surface area contributed by atoms with E-state index in [1.165, 1.54) is 54.4 Å². The summed E-state index contributed by atoms with van der Waals surface area (Å²) in [6, 6.07) is 12.2. The number of benzene rings is 2. The molecule has 9 aliphatic rings. The van der Waals surface area contributed by atoms with Crippen LogP contribution in [0.4, 0.5) is 0 Å². The first-order valence-electron chi connectivity index (χ1n) is 20.8. The van der Waals surface area contributed by atoms with E-state index in [9.17, 15) is 0 Å². The summed E-state index contributed by atoms with van der Waals surface area (Å²) >= 11 is 27.5. The minimum atomic E-state index is 0. The van der Waals surface area contributed by atoms with E-state index in [0.29, 0.717) is 32.2 Å². The molecule has 0 aromatic heterocycles. The molecule has 6 aliphatic heterocycles. The molecule has 0 amide bonds. The number of aliphatic imine (C=N–C) groups is 2. The molecule has 60 heavy (non-hydrogen) atoms. The molecule has 8 nitrogen and oxygen atoms in total. The standard InChI is InChI=1S/C21H23Cl2N4.C17H16Cl2N4.C4H7I.C3H5.BrH.Mg/c1-3-15-11-27-21-18(26(15)10-13-4-5-13)8-12(2)24-20(21)19(25-27)16-7-6-14(22)9-17(16)23;1-3-11-8-23-17-14(21-11)6-9(2)20-16(17)15(22-23)12-5-4-10(18)7-13(12)19;5-3-4-1-2-4;1-2-3-1;;/h6-9,13,15,21H,3-5,10-11H2,1-2H3;4-7,11,17H,3,8H2,1-2H3;4H,1-3H2;1H,2-3H2;1H;/q+1;;;-1;;+2/t15-,21?;11-,17?;;;;/m00..../s1/i10-1;;3-1;;;. The number of rotatable bonds is 7. The molecule has 3 fully saturated rings. The van der Waals surface area contributed by atoms with Crippen LogP contribution in [-0.4, -0.2) is 120 Å². The van der Waals surface area contributed by atoms with E-state index in [-0.39, 0.29) is 52.1 Å². The summed E-state index contributed by atoms with van der Waals surface area (Å²) in [6.07, 6.45) is 17.3. The maximum Gasteiger partial charge on any atom is 2.00 e. The van der Waals surface area contributed by atoms with Crippen LogP contribution in [0.25, 0.3) is 0 Å². The Hall–Kier alpha value is -1.32. The third kappa shape index (κ3) is 11.1. The van der Waals surface area contributed by atoms with Crippen LogP contribution in [0.1, 0.15) is 90.2 Å². The van der Waals surface area contributed by atoms with Crippen LogP contribution in [0, 0.1) is 18.3 Å². The van der Waals surface area contributed by atoms with Crippen molar-refractivity contribution in [3.63, 3.8) is 0 Å². The number of nitrogens with one attached hydrogen (secondary N) is 1. The van der Waals surface area contributed by atoms with Gasteiger partial charge in [-0.25, -0.2) is 22.4 Å². The SMILES string of the molecule is CC[C@H]1CN2N=C(c3ccc(Cl)cc3Cl)C3=NC(C)=CC(=[N+]1[11CH2]C1CC1)C32.CC[C@H]1CN2N=C(c3ccc(Cl)cc3Cl)C3=NC(C)=CC(=[NH+]1)C32.I[11CH2]C1CC1.[Br-].[CH-]1CC1.[Mg+2]. The summed E-state index contributed by atoms with van der Waals surface area (Å²) in [5, 5.41) is 16.7. The van der Waals surface area contributed by atoms with Gasteiger partial charge in [-0.15, -0.1) is 0 Å². The van der Waals surface area contributed by atoms with Gasteiger partial charge in [-0.2, -0.15) is 10.2 Å². The zero-order valence-corrected chi connectivity index (χ0v) is 42.9. The largest absolute Gasteiger partial charge is 2.00 e. The Bertz CT molecular complexity index is 2210. The van der Waals surface area contributed by atoms with Crippen LogP contribution in [-0.2, 0) is 0 Å². The first kappa shape index (κ1) is 48.1. The Morgan fingerprint density at radius 1 is 0.767 bits per heavy atom. The summed E-state index contributed by atoms with van der Waals surface area (Å²) < 4.78 is 4.02. The van der Waals surface area contributed by atoms with E-state index in [0.717, 1.165) is 89.7 Å². The average Bonchev–Trinajstić information content (AvgIpc) is 4.06. The van der Waals surface area contributed by atoms with Gasteiger partial charge in [-0.1, -0.05) is 82.8 Å². The van der Waals surface area contributed by atoms with Crippen LogP contribution in [0.15, 0.2) is 80.1 Å². The van der Waals surface area contributed by atoms with Gasteiger partial charge in [0, 0.05) is 67.9 Å². The van der Waals surface area contributed by atoms with E-state index in [1.807, 2.05) is 31.2 Å². The Kier molecular flexibility index (Phi) is 16.9. The monoisotopic (exact) mass is 1070 g/mol. The third-order valence-corrected chi connectivity index (χ3v) is 13.9. The second kappa shape index (κ2) is 21.1. The quantitative estimate of drug-likeness (QED) is 0.124. The Morgan fingerprint density at radius 2 is 1.30 bits per heavy atom. The van der Waals surface area contributed by atoms with Crippen molar-refractivity contribution < 1.29 is 26.5 Å². The fraction of sp³-hybridized carbons (Fsp3) is 0.489. The molecule has 4 atom stereocenters. The third-order valence-electron chi connectivity index (χ3n) is 11.6. The van der Waals surface area contributed by atoms with Crippen molar-refractivity contribution in [3.8, 4) is 0 Å². The molecule has 2 unspecified atom stereocenters. The van der Waals surface area contributed by atoms with Crippen LogP contribution in [0.5, 0.6) is 0 Å². The number of hydrogen-bond donors (Lipinski definition) is 1. The van der Waals surface area contributed by atoms with Crippen LogP contribution in [0.3, 0.4) is 0 Å². The molecule has 3 aliphatic carbocycles. The smallest absolute Gasteiger partial charge is 1.00 e. The van der Waals surface area contributed by atoms with Crippen molar-refractivity contribution in [2.45, 2.75) is 103 Å². The van der Waals surface area contributed by atoms with Gasteiger partial charge in [0.2, 0.25) is 11.4 Å². The molecule has 1 N–H and O–H groups in total. The number of halogens is 6. The molecule has 2 aromatic rings. The van der Waals surface area contributed by atoms with Gasteiger partial charge in [0.05, 0.1) is 23.1 Å². The van der Waals surface area contributed by atoms with Gasteiger partial charge in [0.1, 0.15) is 29.4 Å². The van der Waals surface area contributed by atoms with E-state index >= 15 is 0 Å². The topological polar surface area (TPSA) is 72.9 Å². The molecule has 2 aromatic carbocycles. The molecule has 0 spiro atoms. The summed E-state index contributed by atoms with van der Waals surface area (Å²) in [5.74, 6) is 1.97. The number of nitrogens with zero attached hydrogens (tertiary/aromatic N) is 7. The summed E-state index contributed by atoms with van der Waals surface area (Å²) in [7, 11) is 0. The Morgan fingerprint density at radius 3 is 1.77 bits per heavy atom. The number of allylic oxidation sites excluding steroid dienone is 2. The summed E-state index contributed by atoms with van der Waals surface area (Å²) in [4.78, 5) is 13.3. The predicted molar refractivity (Wildman–Crippen MR) is 257 cm³/mol. The summed E-state index contributed by atoms with van der Waals surface area (Å²) in [5.41, 5.74) is 10.0. The van der Waals surface area contributed by atoms with Gasteiger partial charge in [-0.3, -0.25) is 20.0 Å². The molecule has 6 heterocycles. The van der Waals surface area contributed by atoms with Gasteiger partial charge < -0.3 is 23.4 Å². The van der Waals surface area contributed by atoms with Gasteiger partial charge in [-0.05, 0) is 81.8 Å². The van der Waals surface area contributed by atoms with E-state index in [4.69, 9.17) is 66.6 Å². The second-order valence-electron chi connectivity index (χ2n) is 16.5. The first-order valence-corrected chi connectivity index (χ1v) is 23.9. The van der Waals surface area contributed by atoms with Crippen molar-refractivity contribution in [1.82, 2.24) is 10.0 Å². The fourth-order valence-electron chi connectivity index (χ4n) is 8.00. The van der Waals surface area contributed by atoms with Crippen molar-refractivity contribution in [2.24, 2.45) is 32.0 Å². The number of hydrogen-bond acceptors (Lipinski definition) is 6. The Labute approximate surface area is 415 Å². The van der Waals surface area contributed by atoms with Crippen LogP contribution < -0.4 is 22.0 Å². The molecule has 11 rings (SSSR count). The van der Waals surface area contributed by atoms with Gasteiger partial charge in [0.15, 0.2) is 24.2 Å². The molecule has 314 valence electrons. The van der Waals surface area contributed by atoms with Crippen molar-refractivity contribution >= 4 is 126 Å². The maximum atomic E-state index is 6.51. The molecule has 0 saturated heterocycles. The maximum absolute atomic E-state index is 6.51. The number of hydrazone groups is 2. The summed E-state index contributed by atoms with van der Waals surface area (Å²) in [6.45, 7) is 11.5. The molecule has 0 radical (unpaired) electrons. The predicted octanol–water partition coefficient (Wildman–Crippen LogP) is 5.89. The van der Waals surface area contributed by atoms with E-state index < -0.39 is 0 Å². The average molecular weight is 1080 g/mol. The van der Waals surface area contributed by atoms with Gasteiger partial charge >= 0.3 is 23.1 Å². The van der Waals surface area contributed by atoms with Gasteiger partial charge in [0.25, 0.3) is 0 Å². The second-order valence-corrected chi connectivity index (χ2v) is 19.1. The van der Waals surface area contributed by atoms with Crippen molar-refractivity contribution in [2.75, 3.05) is 24.1 Å². The molecular weight excluding hydrogens is 1020 g/mol. The Balaban J connectivity index is 0.000000166. The molecule has 15 heteroatoms. The molecule has 0 bridgehead atoms. The van der Waals surface area contributed by atoms with Crippen molar-refractivity contribution in [1.29, 1.82) is 0 Å². The zero-order valence-electron chi connectivity index (χ0n) is 34.8.